The number of benzene rings is 1. The number of non-ortho nitro benzene ring substituents is 1. The Labute approximate surface area is 168 Å². The van der Waals surface area contributed by atoms with Crippen molar-refractivity contribution in [1.29, 1.82) is 0 Å². The maximum atomic E-state index is 12.7. The molecule has 152 valence electrons. The third-order valence-electron chi connectivity index (χ3n) is 4.46. The molecule has 0 saturated carbocycles. The first-order chi connectivity index (χ1) is 13.3. The predicted octanol–water partition coefficient (Wildman–Crippen LogP) is 4.34. The number of rotatable bonds is 9. The van der Waals surface area contributed by atoms with E-state index in [2.05, 4.69) is 21.8 Å². The second-order valence-corrected chi connectivity index (χ2v) is 7.77. The molecule has 28 heavy (non-hydrogen) atoms. The minimum Gasteiger partial charge on any atom is -0.495 e. The van der Waals surface area contributed by atoms with E-state index in [1.807, 2.05) is 13.8 Å². The molecule has 0 saturated heterocycles. The van der Waals surface area contributed by atoms with Crippen LogP contribution < -0.4 is 10.1 Å². The van der Waals surface area contributed by atoms with E-state index in [1.54, 1.807) is 6.92 Å². The van der Waals surface area contributed by atoms with Gasteiger partial charge in [0.1, 0.15) is 5.75 Å². The lowest BCUT2D eigenvalue weighted by atomic mass is 10.2. The molecule has 0 fully saturated rings. The molecular formula is C19H26N4O4S. The Balaban J connectivity index is 2.17. The molecule has 0 radical (unpaired) electrons. The number of unbranched alkanes of at least 4 members (excludes halogenated alkanes) is 1. The highest BCUT2D eigenvalue weighted by Crippen LogP contribution is 2.31. The molecule has 1 aromatic heterocycles. The molecule has 1 unspecified atom stereocenters. The highest BCUT2D eigenvalue weighted by atomic mass is 32.2. The van der Waals surface area contributed by atoms with Crippen LogP contribution >= 0.6 is 11.8 Å². The maximum absolute atomic E-state index is 12.7. The second kappa shape index (κ2) is 9.59. The Morgan fingerprint density at radius 3 is 2.75 bits per heavy atom. The normalized spacial score (nSPS) is 11.9. The molecule has 1 amide bonds. The largest absolute Gasteiger partial charge is 0.495 e. The topological polar surface area (TPSA) is 99.3 Å². The first-order valence-electron chi connectivity index (χ1n) is 9.12. The number of anilines is 1. The van der Waals surface area contributed by atoms with Crippen LogP contribution in [0.3, 0.4) is 0 Å². The first kappa shape index (κ1) is 21.7. The second-order valence-electron chi connectivity index (χ2n) is 6.46. The summed E-state index contributed by atoms with van der Waals surface area (Å²) in [6.45, 7) is 8.77. The number of carbonyl (C=O) groups excluding carboxylic acids is 1. The third-order valence-corrected chi connectivity index (χ3v) is 5.55. The van der Waals surface area contributed by atoms with Gasteiger partial charge in [-0.15, -0.1) is 0 Å². The number of nitrogens with zero attached hydrogens (tertiary/aromatic N) is 3. The van der Waals surface area contributed by atoms with Gasteiger partial charge >= 0.3 is 0 Å². The summed E-state index contributed by atoms with van der Waals surface area (Å²) in [6.07, 6.45) is 2.11. The fourth-order valence-corrected chi connectivity index (χ4v) is 3.67. The standard InChI is InChI=1S/C19H26N4O4S/c1-6-7-10-22-13(3)12(2)20-19(22)28-14(4)18(24)21-16-11-15(23(25)26)8-9-17(16)27-5/h8-9,11,14H,6-7,10H2,1-5H3,(H,21,24). The number of methoxy groups -OCH3 is 1. The summed E-state index contributed by atoms with van der Waals surface area (Å²) in [5.41, 5.74) is 2.21. The van der Waals surface area contributed by atoms with Crippen LogP contribution in [-0.2, 0) is 11.3 Å². The fraction of sp³-hybridized carbons (Fsp3) is 0.474. The lowest BCUT2D eigenvalue weighted by Crippen LogP contribution is -2.23. The van der Waals surface area contributed by atoms with Crippen LogP contribution in [0.4, 0.5) is 11.4 Å². The number of aryl methyl sites for hydroxylation is 1. The Morgan fingerprint density at radius 1 is 1.43 bits per heavy atom. The van der Waals surface area contributed by atoms with Crippen molar-refractivity contribution in [2.75, 3.05) is 12.4 Å². The Kier molecular flexibility index (Phi) is 7.45. The molecule has 9 heteroatoms. The van der Waals surface area contributed by atoms with E-state index in [0.29, 0.717) is 5.75 Å². The van der Waals surface area contributed by atoms with Crippen molar-refractivity contribution in [3.8, 4) is 5.75 Å². The van der Waals surface area contributed by atoms with E-state index >= 15 is 0 Å². The average Bonchev–Trinajstić information content (AvgIpc) is 2.92. The van der Waals surface area contributed by atoms with Gasteiger partial charge < -0.3 is 14.6 Å². The zero-order valence-corrected chi connectivity index (χ0v) is 17.6. The van der Waals surface area contributed by atoms with Gasteiger partial charge in [-0.2, -0.15) is 0 Å². The van der Waals surface area contributed by atoms with Gasteiger partial charge in [0.05, 0.1) is 28.7 Å². The van der Waals surface area contributed by atoms with Crippen LogP contribution in [0.2, 0.25) is 0 Å². The van der Waals surface area contributed by atoms with Crippen LogP contribution in [0.1, 0.15) is 38.1 Å². The quantitative estimate of drug-likeness (QED) is 0.378. The lowest BCUT2D eigenvalue weighted by Gasteiger charge is -2.15. The van der Waals surface area contributed by atoms with Crippen molar-refractivity contribution >= 4 is 29.0 Å². The fourth-order valence-electron chi connectivity index (χ4n) is 2.65. The predicted molar refractivity (Wildman–Crippen MR) is 110 cm³/mol. The molecule has 0 bridgehead atoms. The van der Waals surface area contributed by atoms with E-state index in [-0.39, 0.29) is 17.3 Å². The Hall–Kier alpha value is -2.55. The maximum Gasteiger partial charge on any atom is 0.271 e. The number of ether oxygens (including phenoxy) is 1. The highest BCUT2D eigenvalue weighted by molar-refractivity contribution is 8.00. The van der Waals surface area contributed by atoms with Gasteiger partial charge in [0.2, 0.25) is 5.91 Å². The Bertz CT molecular complexity index is 866. The van der Waals surface area contributed by atoms with Gasteiger partial charge in [0.25, 0.3) is 5.69 Å². The van der Waals surface area contributed by atoms with E-state index in [1.165, 1.54) is 37.1 Å². The number of hydrogen-bond donors (Lipinski definition) is 1. The van der Waals surface area contributed by atoms with Gasteiger partial charge in [0.15, 0.2) is 5.16 Å². The molecule has 1 N–H and O–H groups in total. The van der Waals surface area contributed by atoms with Crippen LogP contribution in [0.5, 0.6) is 5.75 Å². The molecule has 8 nitrogen and oxygen atoms in total. The molecular weight excluding hydrogens is 380 g/mol. The number of nitro groups is 1. The van der Waals surface area contributed by atoms with Crippen molar-refractivity contribution in [1.82, 2.24) is 9.55 Å². The number of carbonyl (C=O) groups is 1. The molecule has 1 atom stereocenters. The van der Waals surface area contributed by atoms with Crippen LogP contribution in [0.15, 0.2) is 23.4 Å². The summed E-state index contributed by atoms with van der Waals surface area (Å²) in [5.74, 6) is 0.0939. The minimum atomic E-state index is -0.511. The number of thioether (sulfide) groups is 1. The summed E-state index contributed by atoms with van der Waals surface area (Å²) in [6, 6.07) is 4.10. The molecule has 0 spiro atoms. The van der Waals surface area contributed by atoms with Crippen molar-refractivity contribution < 1.29 is 14.5 Å². The monoisotopic (exact) mass is 406 g/mol. The van der Waals surface area contributed by atoms with Crippen LogP contribution in [-0.4, -0.2) is 32.7 Å². The molecule has 2 rings (SSSR count). The van der Waals surface area contributed by atoms with Crippen molar-refractivity contribution in [2.45, 2.75) is 57.5 Å². The summed E-state index contributed by atoms with van der Waals surface area (Å²) in [4.78, 5) is 27.8. The van der Waals surface area contributed by atoms with E-state index < -0.39 is 10.2 Å². The van der Waals surface area contributed by atoms with E-state index in [0.717, 1.165) is 35.9 Å². The number of aromatic nitrogens is 2. The number of nitrogens with one attached hydrogen (secondary N) is 1. The van der Waals surface area contributed by atoms with Gasteiger partial charge in [-0.25, -0.2) is 4.98 Å². The lowest BCUT2D eigenvalue weighted by molar-refractivity contribution is -0.384. The minimum absolute atomic E-state index is 0.113. The zero-order valence-electron chi connectivity index (χ0n) is 16.8. The SMILES string of the molecule is CCCCn1c(SC(C)C(=O)Nc2cc([N+](=O)[O-])ccc2OC)nc(C)c1C. The van der Waals surface area contributed by atoms with Crippen molar-refractivity contribution in [2.24, 2.45) is 0 Å². The van der Waals surface area contributed by atoms with Crippen LogP contribution in [0, 0.1) is 24.0 Å². The van der Waals surface area contributed by atoms with E-state index in [9.17, 15) is 14.9 Å². The molecule has 1 heterocycles. The first-order valence-corrected chi connectivity index (χ1v) is 10.00. The van der Waals surface area contributed by atoms with Gasteiger partial charge in [-0.05, 0) is 33.3 Å². The smallest absolute Gasteiger partial charge is 0.271 e. The van der Waals surface area contributed by atoms with Crippen molar-refractivity contribution in [3.05, 3.63) is 39.7 Å². The van der Waals surface area contributed by atoms with Gasteiger partial charge in [-0.1, -0.05) is 25.1 Å². The molecule has 0 aliphatic carbocycles. The van der Waals surface area contributed by atoms with Crippen LogP contribution in [0.25, 0.3) is 0 Å². The highest BCUT2D eigenvalue weighted by Gasteiger charge is 2.21. The molecule has 0 aliphatic rings. The Morgan fingerprint density at radius 2 is 2.14 bits per heavy atom. The van der Waals surface area contributed by atoms with E-state index in [4.69, 9.17) is 4.74 Å². The zero-order chi connectivity index (χ0) is 20.8. The summed E-state index contributed by atoms with van der Waals surface area (Å²) < 4.78 is 7.34. The number of hydrogen-bond acceptors (Lipinski definition) is 6. The third kappa shape index (κ3) is 5.03. The molecule has 0 aliphatic heterocycles. The average molecular weight is 407 g/mol. The number of imidazole rings is 1. The summed E-state index contributed by atoms with van der Waals surface area (Å²) in [7, 11) is 1.45. The number of amides is 1. The van der Waals surface area contributed by atoms with Gasteiger partial charge in [-0.3, -0.25) is 14.9 Å². The molecule has 1 aromatic carbocycles. The molecule has 2 aromatic rings. The summed E-state index contributed by atoms with van der Waals surface area (Å²) in [5, 5.41) is 14.1. The number of nitro benzene ring substituents is 1. The van der Waals surface area contributed by atoms with Crippen molar-refractivity contribution in [3.63, 3.8) is 0 Å². The summed E-state index contributed by atoms with van der Waals surface area (Å²) >= 11 is 1.37. The van der Waals surface area contributed by atoms with Gasteiger partial charge in [0, 0.05) is 24.4 Å².